The normalized spacial score (nSPS) is 18.5. The molecule has 2 N–H and O–H groups in total. The molecule has 380 valence electrons. The minimum absolute atomic E-state index is 0.0000855. The molecule has 9 rings (SSSR count). The number of likely N-dealkylation sites (tertiary alicyclic amines) is 1. The van der Waals surface area contributed by atoms with Gasteiger partial charge in [0.1, 0.15) is 5.69 Å². The van der Waals surface area contributed by atoms with Crippen molar-refractivity contribution in [2.75, 3.05) is 90.8 Å². The van der Waals surface area contributed by atoms with E-state index >= 15 is 0 Å². The first kappa shape index (κ1) is 51.6. The SMILES string of the molecule is Cc1c(S(C)(=O)=O)c(-c2cccc(N3CCN(c4ccc(N5CCO[P@]5(=O)c5ccc(N[C@H](CCN6CCC(O)CC6)CSc6ccccc6)c([N+](=O)[O-])c5)cc4)CC3)c2)c(-c2ccc(Cl)cc2)n1C(C)C. The molecule has 18 heteroatoms. The summed E-state index contributed by atoms with van der Waals surface area (Å²) >= 11 is 8.00. The third kappa shape index (κ3) is 11.3. The van der Waals surface area contributed by atoms with Crippen LogP contribution in [0.4, 0.5) is 28.4 Å². The average Bonchev–Trinajstić information content (AvgIpc) is 3.94. The second-order valence-corrected chi connectivity index (χ2v) is 25.0. The Bertz CT molecular complexity index is 3040. The van der Waals surface area contributed by atoms with Gasteiger partial charge in [-0.1, -0.05) is 54.1 Å². The Morgan fingerprint density at radius 2 is 1.50 bits per heavy atom. The van der Waals surface area contributed by atoms with Crippen molar-refractivity contribution in [3.05, 3.63) is 142 Å². The van der Waals surface area contributed by atoms with E-state index in [-0.39, 0.29) is 35.8 Å². The maximum absolute atomic E-state index is 14.9. The maximum atomic E-state index is 14.9. The van der Waals surface area contributed by atoms with Gasteiger partial charge < -0.3 is 34.2 Å². The smallest absolute Gasteiger partial charge is 0.326 e. The number of nitro benzene ring substituents is 1. The van der Waals surface area contributed by atoms with Crippen LogP contribution in [0.3, 0.4) is 0 Å². The van der Waals surface area contributed by atoms with Crippen molar-refractivity contribution in [1.29, 1.82) is 0 Å². The lowest BCUT2D eigenvalue weighted by molar-refractivity contribution is -0.383. The molecule has 6 aromatic rings. The van der Waals surface area contributed by atoms with Crippen LogP contribution < -0.4 is 25.1 Å². The molecule has 0 saturated carbocycles. The van der Waals surface area contributed by atoms with Gasteiger partial charge in [-0.05, 0) is 124 Å². The Morgan fingerprint density at radius 3 is 2.15 bits per heavy atom. The molecule has 72 heavy (non-hydrogen) atoms. The van der Waals surface area contributed by atoms with Gasteiger partial charge in [0.2, 0.25) is 0 Å². The molecule has 5 aromatic carbocycles. The van der Waals surface area contributed by atoms with Gasteiger partial charge in [0.25, 0.3) is 5.69 Å². The first-order chi connectivity index (χ1) is 34.6. The summed E-state index contributed by atoms with van der Waals surface area (Å²) in [6.45, 7) is 12.0. The number of benzene rings is 5. The molecule has 3 fully saturated rings. The Kier molecular flexibility index (Phi) is 15.8. The molecule has 1 aromatic heterocycles. The van der Waals surface area contributed by atoms with E-state index in [1.54, 1.807) is 28.6 Å². The lowest BCUT2D eigenvalue weighted by Gasteiger charge is -2.37. The van der Waals surface area contributed by atoms with E-state index < -0.39 is 22.3 Å². The summed E-state index contributed by atoms with van der Waals surface area (Å²) in [7, 11) is -7.33. The third-order valence-electron chi connectivity index (χ3n) is 14.0. The molecule has 0 unspecified atom stereocenters. The van der Waals surface area contributed by atoms with Crippen molar-refractivity contribution in [3.63, 3.8) is 0 Å². The predicted molar refractivity (Wildman–Crippen MR) is 294 cm³/mol. The summed E-state index contributed by atoms with van der Waals surface area (Å²) in [5.74, 6) is 0.686. The number of nitro groups is 1. The largest absolute Gasteiger partial charge is 0.393 e. The fourth-order valence-electron chi connectivity index (χ4n) is 10.4. The zero-order valence-corrected chi connectivity index (χ0v) is 44.5. The van der Waals surface area contributed by atoms with Crippen LogP contribution in [-0.2, 0) is 18.9 Å². The Morgan fingerprint density at radius 1 is 0.833 bits per heavy atom. The van der Waals surface area contributed by atoms with Crippen LogP contribution in [0.5, 0.6) is 0 Å². The molecule has 3 aliphatic rings. The van der Waals surface area contributed by atoms with Crippen LogP contribution >= 0.6 is 30.9 Å². The van der Waals surface area contributed by atoms with Gasteiger partial charge in [-0.15, -0.1) is 11.8 Å². The molecule has 0 amide bonds. The van der Waals surface area contributed by atoms with Gasteiger partial charge in [0, 0.05) is 114 Å². The van der Waals surface area contributed by atoms with Gasteiger partial charge in [-0.3, -0.25) is 19.3 Å². The minimum atomic E-state index is -3.71. The number of aliphatic hydroxyl groups is 1. The highest BCUT2D eigenvalue weighted by Crippen LogP contribution is 2.56. The molecule has 0 radical (unpaired) electrons. The lowest BCUT2D eigenvalue weighted by atomic mass is 10.00. The number of nitrogens with zero attached hydrogens (tertiary/aromatic N) is 6. The highest BCUT2D eigenvalue weighted by atomic mass is 35.5. The van der Waals surface area contributed by atoms with Crippen LogP contribution in [0.2, 0.25) is 5.02 Å². The molecule has 14 nitrogen and oxygen atoms in total. The van der Waals surface area contributed by atoms with Crippen molar-refractivity contribution < 1.29 is 27.5 Å². The summed E-state index contributed by atoms with van der Waals surface area (Å²) in [4.78, 5) is 20.7. The second-order valence-electron chi connectivity index (χ2n) is 19.2. The second kappa shape index (κ2) is 22.0. The zero-order valence-electron chi connectivity index (χ0n) is 41.2. The molecule has 0 spiro atoms. The Balaban J connectivity index is 0.892. The van der Waals surface area contributed by atoms with E-state index in [4.69, 9.17) is 16.1 Å². The van der Waals surface area contributed by atoms with E-state index in [9.17, 15) is 28.2 Å². The van der Waals surface area contributed by atoms with E-state index in [1.165, 1.54) is 12.3 Å². The van der Waals surface area contributed by atoms with Gasteiger partial charge >= 0.3 is 7.52 Å². The quantitative estimate of drug-likeness (QED) is 0.0386. The molecular formula is C54H63ClN7O7PS2. The van der Waals surface area contributed by atoms with Gasteiger partial charge in [-0.25, -0.2) is 8.42 Å². The maximum Gasteiger partial charge on any atom is 0.326 e. The summed E-state index contributed by atoms with van der Waals surface area (Å²) < 4.78 is 51.9. The predicted octanol–water partition coefficient (Wildman–Crippen LogP) is 10.8. The van der Waals surface area contributed by atoms with Gasteiger partial charge in [0.15, 0.2) is 9.84 Å². The number of aliphatic hydroxyl groups excluding tert-OH is 1. The molecule has 2 atom stereocenters. The van der Waals surface area contributed by atoms with Gasteiger partial charge in [0.05, 0.1) is 40.1 Å². The standard InChI is InChI=1S/C54H63ClN7O7PS2/c1-38(2)61-39(3)54(72(4,67)68)52(53(61)40-13-15-42(55)16-14-40)41-9-8-10-46(35-41)59-31-29-58(30-32-59)44-17-19-45(20-18-44)60-33-34-69-70(60,66)48-21-22-50(51(36-48)62(64)65)56-43(37-71-49-11-6-5-7-12-49)23-26-57-27-24-47(63)25-28-57/h5-22,35-36,38,43,47,56,63H,23-34,37H2,1-4H3/t43-,70-/m1/s1. The Labute approximate surface area is 432 Å². The van der Waals surface area contributed by atoms with Crippen LogP contribution in [0.1, 0.15) is 44.8 Å². The fraction of sp³-hybridized carbons (Fsp3) is 0.370. The molecular weight excluding hydrogens is 989 g/mol. The first-order valence-electron chi connectivity index (χ1n) is 24.6. The monoisotopic (exact) mass is 1050 g/mol. The van der Waals surface area contributed by atoms with Crippen LogP contribution in [0, 0.1) is 17.0 Å². The lowest BCUT2D eigenvalue weighted by Crippen LogP contribution is -2.46. The van der Waals surface area contributed by atoms with Gasteiger partial charge in [-0.2, -0.15) is 0 Å². The Hall–Kier alpha value is -5.32. The number of piperazine rings is 1. The highest BCUT2D eigenvalue weighted by molar-refractivity contribution is 7.99. The van der Waals surface area contributed by atoms with Crippen molar-refractivity contribution in [1.82, 2.24) is 9.47 Å². The van der Waals surface area contributed by atoms with Crippen LogP contribution in [-0.4, -0.2) is 111 Å². The summed E-state index contributed by atoms with van der Waals surface area (Å²) in [5, 5.41) is 27.1. The first-order valence-corrected chi connectivity index (χ1v) is 29.5. The van der Waals surface area contributed by atoms with Crippen LogP contribution in [0.25, 0.3) is 22.4 Å². The number of nitrogens with one attached hydrogen (secondary N) is 1. The number of anilines is 4. The molecule has 0 bridgehead atoms. The number of aromatic nitrogens is 1. The third-order valence-corrected chi connectivity index (χ3v) is 19.2. The van der Waals surface area contributed by atoms with E-state index in [0.717, 1.165) is 98.2 Å². The van der Waals surface area contributed by atoms with Crippen molar-refractivity contribution in [3.8, 4) is 22.4 Å². The minimum Gasteiger partial charge on any atom is -0.393 e. The number of sulfone groups is 1. The number of piperidine rings is 1. The summed E-state index contributed by atoms with van der Waals surface area (Å²) in [6.07, 6.45) is 3.25. The van der Waals surface area contributed by atoms with E-state index in [1.807, 2.05) is 85.8 Å². The van der Waals surface area contributed by atoms with Crippen molar-refractivity contribution >= 4 is 74.5 Å². The summed E-state index contributed by atoms with van der Waals surface area (Å²) in [6, 6.07) is 38.4. The zero-order chi connectivity index (χ0) is 50.7. The van der Waals surface area contributed by atoms with Crippen molar-refractivity contribution in [2.24, 2.45) is 0 Å². The average molecular weight is 1050 g/mol. The molecule has 3 aliphatic heterocycles. The van der Waals surface area contributed by atoms with E-state index in [0.29, 0.717) is 44.8 Å². The molecule has 3 saturated heterocycles. The van der Waals surface area contributed by atoms with Crippen molar-refractivity contribution in [2.45, 2.75) is 68.0 Å². The number of halogens is 1. The number of hydrogen-bond donors (Lipinski definition) is 2. The summed E-state index contributed by atoms with van der Waals surface area (Å²) in [5.41, 5.74) is 6.88. The fourth-order valence-corrected chi connectivity index (χ4v) is 15.0. The van der Waals surface area contributed by atoms with Crippen LogP contribution in [0.15, 0.2) is 131 Å². The topological polar surface area (TPSA) is 154 Å². The molecule has 0 aliphatic carbocycles. The number of rotatable bonds is 17. The number of thioether (sulfide) groups is 1. The number of hydrogen-bond acceptors (Lipinski definition) is 12. The molecule has 4 heterocycles. The highest BCUT2D eigenvalue weighted by Gasteiger charge is 2.41. The van der Waals surface area contributed by atoms with E-state index in [2.05, 4.69) is 62.7 Å².